The van der Waals surface area contributed by atoms with E-state index in [0.717, 1.165) is 0 Å². The summed E-state index contributed by atoms with van der Waals surface area (Å²) in [6.45, 7) is 5.17. The Morgan fingerprint density at radius 2 is 1.50 bits per heavy atom. The zero-order chi connectivity index (χ0) is 23.4. The molecule has 0 aliphatic carbocycles. The Balaban J connectivity index is 5.13. The summed E-state index contributed by atoms with van der Waals surface area (Å²) < 4.78 is 0. The quantitative estimate of drug-likeness (QED) is 0.109. The van der Waals surface area contributed by atoms with Gasteiger partial charge in [0.25, 0.3) is 0 Å². The summed E-state index contributed by atoms with van der Waals surface area (Å²) in [6, 6.07) is -4.54. The van der Waals surface area contributed by atoms with Crippen molar-refractivity contribution in [3.63, 3.8) is 0 Å². The molecule has 0 rings (SSSR count). The predicted octanol–water partition coefficient (Wildman–Crippen LogP) is -2.05. The maximum atomic E-state index is 12.5. The molecule has 174 valence electrons. The van der Waals surface area contributed by atoms with Crippen LogP contribution in [0.3, 0.4) is 0 Å². The van der Waals surface area contributed by atoms with E-state index in [1.807, 2.05) is 0 Å². The fourth-order valence-corrected chi connectivity index (χ4v) is 2.69. The largest absolute Gasteiger partial charge is 0.480 e. The molecule has 0 aromatic rings. The fraction of sp³-hybridized carbons (Fsp3) is 0.778. The number of carboxylic acids is 1. The molecule has 5 atom stereocenters. The van der Waals surface area contributed by atoms with Gasteiger partial charge < -0.3 is 37.6 Å². The Hall–Kier alpha value is -1.89. The van der Waals surface area contributed by atoms with Gasteiger partial charge in [-0.25, -0.2) is 4.79 Å². The SMILES string of the molecule is CC(C)C(N)C(=O)NC(CS)C(=O)NC(C(=O)NC(CCCCN)C(=O)O)C(C)O. The summed E-state index contributed by atoms with van der Waals surface area (Å²) in [7, 11) is 0. The van der Waals surface area contributed by atoms with Gasteiger partial charge in [0.2, 0.25) is 17.7 Å². The van der Waals surface area contributed by atoms with Crippen LogP contribution in [0.2, 0.25) is 0 Å². The molecular formula is C18H35N5O6S. The van der Waals surface area contributed by atoms with Crippen LogP contribution in [0.5, 0.6) is 0 Å². The van der Waals surface area contributed by atoms with Gasteiger partial charge in [0.15, 0.2) is 0 Å². The molecule has 0 saturated carbocycles. The second-order valence-corrected chi connectivity index (χ2v) is 7.79. The van der Waals surface area contributed by atoms with Crippen LogP contribution in [0.1, 0.15) is 40.0 Å². The highest BCUT2D eigenvalue weighted by atomic mass is 32.1. The van der Waals surface area contributed by atoms with E-state index in [-0.39, 0.29) is 18.1 Å². The number of carbonyl (C=O) groups excluding carboxylic acids is 3. The van der Waals surface area contributed by atoms with Crippen molar-refractivity contribution in [2.45, 2.75) is 70.3 Å². The van der Waals surface area contributed by atoms with E-state index in [4.69, 9.17) is 11.5 Å². The third-order valence-corrected chi connectivity index (χ3v) is 4.83. The van der Waals surface area contributed by atoms with Crippen molar-refractivity contribution in [2.75, 3.05) is 12.3 Å². The maximum Gasteiger partial charge on any atom is 0.326 e. The number of hydrogen-bond donors (Lipinski definition) is 8. The van der Waals surface area contributed by atoms with Crippen LogP contribution < -0.4 is 27.4 Å². The van der Waals surface area contributed by atoms with E-state index in [9.17, 15) is 29.4 Å². The zero-order valence-electron chi connectivity index (χ0n) is 17.6. The molecule has 0 heterocycles. The number of unbranched alkanes of at least 4 members (excludes halogenated alkanes) is 1. The summed E-state index contributed by atoms with van der Waals surface area (Å²) in [5.74, 6) is -3.64. The Labute approximate surface area is 182 Å². The molecular weight excluding hydrogens is 414 g/mol. The molecule has 9 N–H and O–H groups in total. The van der Waals surface area contributed by atoms with Gasteiger partial charge in [-0.2, -0.15) is 12.6 Å². The Morgan fingerprint density at radius 3 is 1.93 bits per heavy atom. The zero-order valence-corrected chi connectivity index (χ0v) is 18.5. The van der Waals surface area contributed by atoms with E-state index in [2.05, 4.69) is 28.6 Å². The third kappa shape index (κ3) is 9.74. The minimum Gasteiger partial charge on any atom is -0.480 e. The lowest BCUT2D eigenvalue weighted by atomic mass is 10.0. The van der Waals surface area contributed by atoms with Crippen molar-refractivity contribution in [1.82, 2.24) is 16.0 Å². The number of aliphatic hydroxyl groups is 1. The van der Waals surface area contributed by atoms with Crippen LogP contribution in [0.15, 0.2) is 0 Å². The second kappa shape index (κ2) is 14.2. The number of carbonyl (C=O) groups is 4. The topological polar surface area (TPSA) is 197 Å². The van der Waals surface area contributed by atoms with E-state index in [1.165, 1.54) is 6.92 Å². The Bertz CT molecular complexity index is 589. The van der Waals surface area contributed by atoms with Crippen LogP contribution in [0.4, 0.5) is 0 Å². The number of amides is 3. The molecule has 12 heteroatoms. The summed E-state index contributed by atoms with van der Waals surface area (Å²) in [5.41, 5.74) is 11.1. The summed E-state index contributed by atoms with van der Waals surface area (Å²) in [6.07, 6.45) is -0.0793. The Morgan fingerprint density at radius 1 is 0.933 bits per heavy atom. The lowest BCUT2D eigenvalue weighted by Crippen LogP contribution is -2.60. The lowest BCUT2D eigenvalue weighted by Gasteiger charge is -2.26. The molecule has 0 saturated heterocycles. The van der Waals surface area contributed by atoms with E-state index in [1.54, 1.807) is 13.8 Å². The molecule has 0 fully saturated rings. The average Bonchev–Trinajstić information content (AvgIpc) is 2.67. The first-order chi connectivity index (χ1) is 14.0. The van der Waals surface area contributed by atoms with Crippen molar-refractivity contribution >= 4 is 36.3 Å². The molecule has 0 aromatic heterocycles. The molecule has 0 aliphatic rings. The highest BCUT2D eigenvalue weighted by Gasteiger charge is 2.32. The minimum atomic E-state index is -1.42. The predicted molar refractivity (Wildman–Crippen MR) is 115 cm³/mol. The highest BCUT2D eigenvalue weighted by molar-refractivity contribution is 7.80. The normalized spacial score (nSPS) is 16.1. The molecule has 0 radical (unpaired) electrons. The number of aliphatic carboxylic acids is 1. The molecule has 0 aromatic carbocycles. The van der Waals surface area contributed by atoms with Gasteiger partial charge in [0.05, 0.1) is 12.1 Å². The van der Waals surface area contributed by atoms with Crippen LogP contribution in [-0.2, 0) is 19.2 Å². The molecule has 5 unspecified atom stereocenters. The van der Waals surface area contributed by atoms with Gasteiger partial charge in [-0.05, 0) is 38.6 Å². The molecule has 11 nitrogen and oxygen atoms in total. The number of nitrogens with two attached hydrogens (primary N) is 2. The first-order valence-electron chi connectivity index (χ1n) is 9.84. The second-order valence-electron chi connectivity index (χ2n) is 7.42. The number of hydrogen-bond acceptors (Lipinski definition) is 8. The lowest BCUT2D eigenvalue weighted by molar-refractivity contribution is -0.143. The first kappa shape index (κ1) is 28.1. The summed E-state index contributed by atoms with van der Waals surface area (Å²) >= 11 is 4.04. The summed E-state index contributed by atoms with van der Waals surface area (Å²) in [5, 5.41) is 26.3. The number of rotatable bonds is 14. The van der Waals surface area contributed by atoms with Crippen LogP contribution in [-0.4, -0.2) is 76.5 Å². The standard InChI is InChI=1S/C18H35N5O6S/c1-9(2)13(20)16(26)22-12(8-30)15(25)23-14(10(3)24)17(27)21-11(18(28)29)6-4-5-7-19/h9-14,24,30H,4-8,19-20H2,1-3H3,(H,21,27)(H,22,26)(H,23,25)(H,28,29). The van der Waals surface area contributed by atoms with Crippen molar-refractivity contribution in [3.8, 4) is 0 Å². The van der Waals surface area contributed by atoms with Gasteiger partial charge >= 0.3 is 5.97 Å². The van der Waals surface area contributed by atoms with Crippen molar-refractivity contribution < 1.29 is 29.4 Å². The van der Waals surface area contributed by atoms with E-state index < -0.39 is 54.0 Å². The summed E-state index contributed by atoms with van der Waals surface area (Å²) in [4.78, 5) is 48.5. The van der Waals surface area contributed by atoms with Crippen LogP contribution in [0.25, 0.3) is 0 Å². The monoisotopic (exact) mass is 449 g/mol. The van der Waals surface area contributed by atoms with E-state index >= 15 is 0 Å². The third-order valence-electron chi connectivity index (χ3n) is 4.46. The van der Waals surface area contributed by atoms with E-state index in [0.29, 0.717) is 19.4 Å². The molecule has 3 amide bonds. The highest BCUT2D eigenvalue weighted by Crippen LogP contribution is 2.04. The molecule has 0 spiro atoms. The average molecular weight is 450 g/mol. The first-order valence-corrected chi connectivity index (χ1v) is 10.5. The van der Waals surface area contributed by atoms with Crippen LogP contribution >= 0.6 is 12.6 Å². The number of aliphatic hydroxyl groups excluding tert-OH is 1. The number of thiol groups is 1. The van der Waals surface area contributed by atoms with Crippen molar-refractivity contribution in [2.24, 2.45) is 17.4 Å². The van der Waals surface area contributed by atoms with Gasteiger partial charge in [-0.15, -0.1) is 0 Å². The molecule has 0 bridgehead atoms. The molecule has 30 heavy (non-hydrogen) atoms. The van der Waals surface area contributed by atoms with Gasteiger partial charge in [0.1, 0.15) is 18.1 Å². The number of carboxylic acid groups (broad SMARTS) is 1. The smallest absolute Gasteiger partial charge is 0.326 e. The Kier molecular flexibility index (Phi) is 13.3. The molecule has 0 aliphatic heterocycles. The van der Waals surface area contributed by atoms with Gasteiger partial charge in [0, 0.05) is 5.75 Å². The van der Waals surface area contributed by atoms with Gasteiger partial charge in [-0.1, -0.05) is 13.8 Å². The van der Waals surface area contributed by atoms with Gasteiger partial charge in [-0.3, -0.25) is 14.4 Å². The number of nitrogens with one attached hydrogen (secondary N) is 3. The van der Waals surface area contributed by atoms with Crippen molar-refractivity contribution in [1.29, 1.82) is 0 Å². The maximum absolute atomic E-state index is 12.5. The fourth-order valence-electron chi connectivity index (χ4n) is 2.44. The van der Waals surface area contributed by atoms with Crippen LogP contribution in [0, 0.1) is 5.92 Å². The minimum absolute atomic E-state index is 0.0760. The van der Waals surface area contributed by atoms with Crippen molar-refractivity contribution in [3.05, 3.63) is 0 Å².